The highest BCUT2D eigenvalue weighted by Gasteiger charge is 2.32. The number of hydrogen-bond acceptors (Lipinski definition) is 7. The summed E-state index contributed by atoms with van der Waals surface area (Å²) in [6.07, 6.45) is 0.553. The number of amides is 3. The van der Waals surface area contributed by atoms with Crippen molar-refractivity contribution < 1.29 is 39.3 Å². The molecule has 12 heteroatoms. The monoisotopic (exact) mass is 540 g/mol. The van der Waals surface area contributed by atoms with Crippen LogP contribution in [0.15, 0.2) is 54.6 Å². The lowest BCUT2D eigenvalue weighted by Gasteiger charge is -2.25. The highest BCUT2D eigenvalue weighted by Crippen LogP contribution is 2.12. The summed E-state index contributed by atoms with van der Waals surface area (Å²) in [5.41, 5.74) is 1.24. The molecule has 1 saturated heterocycles. The maximum absolute atomic E-state index is 13.3. The number of phenolic OH excluding ortho intramolecular Hbond substituents is 1. The summed E-state index contributed by atoms with van der Waals surface area (Å²) in [6, 6.07) is 9.97. The fourth-order valence-corrected chi connectivity index (χ4v) is 4.24. The molecule has 4 atom stereocenters. The van der Waals surface area contributed by atoms with Crippen molar-refractivity contribution in [2.24, 2.45) is 0 Å². The van der Waals surface area contributed by atoms with Gasteiger partial charge in [0.1, 0.15) is 23.9 Å². The molecule has 0 bridgehead atoms. The van der Waals surface area contributed by atoms with Crippen molar-refractivity contribution in [3.63, 3.8) is 0 Å². The molecule has 1 aliphatic rings. The molecule has 1 aliphatic heterocycles. The number of carboxylic acids is 2. The Balaban J connectivity index is 1.74. The largest absolute Gasteiger partial charge is 0.508 e. The number of aliphatic carboxylic acids is 2. The molecule has 1 fully saturated rings. The first-order chi connectivity index (χ1) is 18.6. The molecule has 0 aromatic heterocycles. The third kappa shape index (κ3) is 9.11. The van der Waals surface area contributed by atoms with Gasteiger partial charge < -0.3 is 36.6 Å². The summed E-state index contributed by atoms with van der Waals surface area (Å²) in [6.45, 7) is 0.670. The van der Waals surface area contributed by atoms with E-state index >= 15 is 0 Å². The van der Waals surface area contributed by atoms with Crippen LogP contribution in [0.25, 0.3) is 0 Å². The number of benzene rings is 2. The lowest BCUT2D eigenvalue weighted by molar-refractivity contribution is -0.143. The molecule has 2 aromatic rings. The molecular formula is C27H32N4O8. The molecule has 3 rings (SSSR count). The van der Waals surface area contributed by atoms with Gasteiger partial charge in [-0.15, -0.1) is 0 Å². The number of nitrogens with one attached hydrogen (secondary N) is 4. The van der Waals surface area contributed by atoms with E-state index in [0.29, 0.717) is 18.5 Å². The molecule has 0 aliphatic carbocycles. The van der Waals surface area contributed by atoms with Crippen LogP contribution in [0.1, 0.15) is 30.4 Å². The van der Waals surface area contributed by atoms with Gasteiger partial charge in [0.15, 0.2) is 0 Å². The highest BCUT2D eigenvalue weighted by molar-refractivity contribution is 5.95. The minimum absolute atomic E-state index is 0.0141. The lowest BCUT2D eigenvalue weighted by Crippen LogP contribution is -2.58. The Morgan fingerprint density at radius 1 is 0.795 bits per heavy atom. The third-order valence-corrected chi connectivity index (χ3v) is 6.29. The molecule has 208 valence electrons. The normalized spacial score (nSPS) is 16.9. The minimum atomic E-state index is -1.60. The molecule has 4 unspecified atom stereocenters. The number of rotatable bonds is 13. The van der Waals surface area contributed by atoms with Crippen molar-refractivity contribution >= 4 is 29.7 Å². The highest BCUT2D eigenvalue weighted by atomic mass is 16.4. The van der Waals surface area contributed by atoms with Crippen molar-refractivity contribution in [2.45, 2.75) is 56.3 Å². The van der Waals surface area contributed by atoms with Crippen molar-refractivity contribution in [3.05, 3.63) is 65.7 Å². The van der Waals surface area contributed by atoms with Gasteiger partial charge in [-0.05, 0) is 42.6 Å². The Morgan fingerprint density at radius 2 is 1.38 bits per heavy atom. The van der Waals surface area contributed by atoms with Crippen LogP contribution in [-0.2, 0) is 36.8 Å². The molecule has 0 saturated carbocycles. The third-order valence-electron chi connectivity index (χ3n) is 6.29. The maximum atomic E-state index is 13.3. The molecule has 39 heavy (non-hydrogen) atoms. The zero-order valence-electron chi connectivity index (χ0n) is 21.1. The lowest BCUT2D eigenvalue weighted by atomic mass is 10.0. The summed E-state index contributed by atoms with van der Waals surface area (Å²) in [5.74, 6) is -4.94. The first kappa shape index (κ1) is 29.1. The second-order valence-corrected chi connectivity index (χ2v) is 9.33. The van der Waals surface area contributed by atoms with Crippen molar-refractivity contribution in [3.8, 4) is 5.75 Å². The second kappa shape index (κ2) is 13.9. The summed E-state index contributed by atoms with van der Waals surface area (Å²) in [5, 5.41) is 38.8. The summed E-state index contributed by atoms with van der Waals surface area (Å²) in [4.78, 5) is 62.3. The summed E-state index contributed by atoms with van der Waals surface area (Å²) in [7, 11) is 0. The molecule has 1 heterocycles. The van der Waals surface area contributed by atoms with Crippen LogP contribution in [0, 0.1) is 0 Å². The molecule has 3 amide bonds. The van der Waals surface area contributed by atoms with E-state index in [1.165, 1.54) is 24.3 Å². The van der Waals surface area contributed by atoms with E-state index in [1.54, 1.807) is 30.3 Å². The molecule has 0 spiro atoms. The van der Waals surface area contributed by atoms with Crippen LogP contribution in [0.2, 0.25) is 0 Å². The predicted molar refractivity (Wildman–Crippen MR) is 139 cm³/mol. The number of carboxylic acid groups (broad SMARTS) is 2. The van der Waals surface area contributed by atoms with Gasteiger partial charge in [-0.1, -0.05) is 42.5 Å². The van der Waals surface area contributed by atoms with E-state index in [4.69, 9.17) is 0 Å². The molecule has 0 radical (unpaired) electrons. The molecule has 7 N–H and O–H groups in total. The summed E-state index contributed by atoms with van der Waals surface area (Å²) < 4.78 is 0. The molecule has 2 aromatic carbocycles. The fourth-order valence-electron chi connectivity index (χ4n) is 4.24. The fraction of sp³-hybridized carbons (Fsp3) is 0.370. The van der Waals surface area contributed by atoms with E-state index in [1.807, 2.05) is 0 Å². The van der Waals surface area contributed by atoms with Gasteiger partial charge in [0, 0.05) is 12.8 Å². The summed E-state index contributed by atoms with van der Waals surface area (Å²) >= 11 is 0. The Hall–Kier alpha value is -4.45. The van der Waals surface area contributed by atoms with Gasteiger partial charge in [-0.25, -0.2) is 4.79 Å². The maximum Gasteiger partial charge on any atom is 0.326 e. The van der Waals surface area contributed by atoms with E-state index in [0.717, 1.165) is 12.0 Å². The Labute approximate surface area is 224 Å². The van der Waals surface area contributed by atoms with Crippen LogP contribution in [0.5, 0.6) is 5.75 Å². The van der Waals surface area contributed by atoms with E-state index in [2.05, 4.69) is 21.3 Å². The first-order valence-corrected chi connectivity index (χ1v) is 12.5. The van der Waals surface area contributed by atoms with Gasteiger partial charge in [0.25, 0.3) is 0 Å². The number of hydrogen-bond donors (Lipinski definition) is 7. The van der Waals surface area contributed by atoms with Crippen molar-refractivity contribution in [1.82, 2.24) is 21.3 Å². The van der Waals surface area contributed by atoms with Crippen LogP contribution >= 0.6 is 0 Å². The Kier molecular flexibility index (Phi) is 10.4. The topological polar surface area (TPSA) is 194 Å². The number of carbonyl (C=O) groups excluding carboxylic acids is 3. The number of carbonyl (C=O) groups is 5. The zero-order chi connectivity index (χ0) is 28.4. The van der Waals surface area contributed by atoms with Crippen molar-refractivity contribution in [1.29, 1.82) is 0 Å². The van der Waals surface area contributed by atoms with Gasteiger partial charge in [0.05, 0.1) is 12.5 Å². The van der Waals surface area contributed by atoms with Crippen molar-refractivity contribution in [2.75, 3.05) is 6.54 Å². The van der Waals surface area contributed by atoms with Gasteiger partial charge in [-0.2, -0.15) is 0 Å². The van der Waals surface area contributed by atoms with Gasteiger partial charge in [-0.3, -0.25) is 19.2 Å². The van der Waals surface area contributed by atoms with Crippen LogP contribution in [0.4, 0.5) is 0 Å². The average Bonchev–Trinajstić information content (AvgIpc) is 3.44. The van der Waals surface area contributed by atoms with Crippen LogP contribution in [0.3, 0.4) is 0 Å². The van der Waals surface area contributed by atoms with Crippen LogP contribution < -0.4 is 21.3 Å². The Bertz CT molecular complexity index is 1170. The van der Waals surface area contributed by atoms with Gasteiger partial charge >= 0.3 is 11.9 Å². The van der Waals surface area contributed by atoms with E-state index in [-0.39, 0.29) is 24.5 Å². The molecule has 12 nitrogen and oxygen atoms in total. The quantitative estimate of drug-likeness (QED) is 0.182. The van der Waals surface area contributed by atoms with E-state index in [9.17, 15) is 39.3 Å². The molecular weight excluding hydrogens is 508 g/mol. The average molecular weight is 541 g/mol. The SMILES string of the molecule is O=C(O)CC(NC(=O)C(Cc1ccccc1)NC(=O)C1CCCN1)C(=O)NC(Cc1ccc(O)cc1)C(=O)O. The number of phenols is 1. The van der Waals surface area contributed by atoms with Gasteiger partial charge in [0.2, 0.25) is 17.7 Å². The number of aromatic hydroxyl groups is 1. The minimum Gasteiger partial charge on any atom is -0.508 e. The van der Waals surface area contributed by atoms with Crippen LogP contribution in [-0.4, -0.2) is 75.7 Å². The second-order valence-electron chi connectivity index (χ2n) is 9.33. The Morgan fingerprint density at radius 3 is 1.97 bits per heavy atom. The standard InChI is InChI=1S/C27H32N4O8/c32-18-10-8-17(9-11-18)14-22(27(38)39)31-26(37)21(15-23(33)34)30-25(36)20(13-16-5-2-1-3-6-16)29-24(35)19-7-4-12-28-19/h1-3,5-6,8-11,19-22,28,32H,4,7,12-15H2,(H,29,35)(H,30,36)(H,31,37)(H,33,34)(H,38,39). The smallest absolute Gasteiger partial charge is 0.326 e. The van der Waals surface area contributed by atoms with E-state index < -0.39 is 54.3 Å². The zero-order valence-corrected chi connectivity index (χ0v) is 21.1. The first-order valence-electron chi connectivity index (χ1n) is 12.5. The predicted octanol–water partition coefficient (Wildman–Crippen LogP) is -0.0569.